The van der Waals surface area contributed by atoms with Gasteiger partial charge >= 0.3 is 11.8 Å². The van der Waals surface area contributed by atoms with Crippen LogP contribution in [0.5, 0.6) is 0 Å². The molecule has 0 unspecified atom stereocenters. The second-order valence-electron chi connectivity index (χ2n) is 8.19. The summed E-state index contributed by atoms with van der Waals surface area (Å²) in [7, 11) is 0. The number of hydrogen-bond donors (Lipinski definition) is 2. The Morgan fingerprint density at radius 1 is 1.31 bits per heavy atom. The molecule has 2 amide bonds. The molecule has 1 aliphatic rings. The molecule has 9 heteroatoms. The van der Waals surface area contributed by atoms with Gasteiger partial charge in [-0.1, -0.05) is 17.3 Å². The summed E-state index contributed by atoms with van der Waals surface area (Å²) in [5.41, 5.74) is 0.739. The minimum atomic E-state index is -0.632. The molecule has 0 atom stereocenters. The Bertz CT molecular complexity index is 919. The molecule has 0 aliphatic carbocycles. The summed E-state index contributed by atoms with van der Waals surface area (Å²) in [5.74, 6) is -0.206. The molecule has 1 fully saturated rings. The van der Waals surface area contributed by atoms with Crippen molar-refractivity contribution < 1.29 is 18.8 Å². The fraction of sp³-hybridized carbons (Fsp3) is 0.500. The Labute approximate surface area is 168 Å². The zero-order valence-corrected chi connectivity index (χ0v) is 16.9. The van der Waals surface area contributed by atoms with E-state index >= 15 is 0 Å². The van der Waals surface area contributed by atoms with Crippen molar-refractivity contribution in [1.29, 1.82) is 0 Å². The van der Waals surface area contributed by atoms with Crippen LogP contribution >= 0.6 is 0 Å². The van der Waals surface area contributed by atoms with Gasteiger partial charge in [0.05, 0.1) is 0 Å². The van der Waals surface area contributed by atoms with E-state index in [4.69, 9.17) is 4.74 Å². The number of aromatic amines is 1. The van der Waals surface area contributed by atoms with Crippen molar-refractivity contribution in [2.45, 2.75) is 45.6 Å². The van der Waals surface area contributed by atoms with Crippen LogP contribution in [0.3, 0.4) is 0 Å². The van der Waals surface area contributed by atoms with E-state index in [2.05, 4.69) is 20.0 Å². The molecular weight excluding hydrogens is 376 g/mol. The first-order valence-electron chi connectivity index (χ1n) is 9.64. The average Bonchev–Trinajstić information content (AvgIpc) is 3.07. The Balaban J connectivity index is 1.49. The molecule has 0 radical (unpaired) electrons. The van der Waals surface area contributed by atoms with Crippen LogP contribution < -0.4 is 11.1 Å². The normalized spacial score (nSPS) is 15.2. The summed E-state index contributed by atoms with van der Waals surface area (Å²) < 4.78 is 9.90. The quantitative estimate of drug-likeness (QED) is 0.812. The highest BCUT2D eigenvalue weighted by atomic mass is 16.6. The summed E-state index contributed by atoms with van der Waals surface area (Å²) >= 11 is 0. The van der Waals surface area contributed by atoms with Crippen LogP contribution in [-0.4, -0.2) is 45.7 Å². The van der Waals surface area contributed by atoms with Crippen molar-refractivity contribution in [2.24, 2.45) is 5.92 Å². The Morgan fingerprint density at radius 2 is 2.03 bits per heavy atom. The monoisotopic (exact) mass is 402 g/mol. The van der Waals surface area contributed by atoms with E-state index in [0.29, 0.717) is 36.6 Å². The molecule has 0 spiro atoms. The maximum absolute atomic E-state index is 12.4. The van der Waals surface area contributed by atoms with Crippen molar-refractivity contribution in [1.82, 2.24) is 15.0 Å². The number of rotatable bonds is 4. The number of H-pyrrole nitrogens is 1. The van der Waals surface area contributed by atoms with E-state index in [9.17, 15) is 14.4 Å². The highest BCUT2D eigenvalue weighted by Crippen LogP contribution is 2.24. The van der Waals surface area contributed by atoms with Gasteiger partial charge in [-0.05, 0) is 51.7 Å². The molecule has 1 saturated heterocycles. The zero-order chi connectivity index (χ0) is 21.0. The average molecular weight is 402 g/mol. The van der Waals surface area contributed by atoms with E-state index in [-0.39, 0.29) is 17.9 Å². The predicted octanol–water partition coefficient (Wildman–Crippen LogP) is 3.01. The highest BCUT2D eigenvalue weighted by molar-refractivity contribution is 5.91. The number of likely N-dealkylation sites (tertiary alicyclic amines) is 1. The molecule has 1 aliphatic heterocycles. The molecule has 2 N–H and O–H groups in total. The van der Waals surface area contributed by atoms with Crippen LogP contribution in [0, 0.1) is 5.92 Å². The maximum atomic E-state index is 12.4. The van der Waals surface area contributed by atoms with Gasteiger partial charge in [0.2, 0.25) is 5.91 Å². The van der Waals surface area contributed by atoms with Crippen molar-refractivity contribution in [3.8, 4) is 11.4 Å². The smallest absolute Gasteiger partial charge is 0.439 e. The van der Waals surface area contributed by atoms with Gasteiger partial charge in [-0.15, -0.1) is 0 Å². The van der Waals surface area contributed by atoms with Gasteiger partial charge in [0.1, 0.15) is 5.60 Å². The topological polar surface area (TPSA) is 118 Å². The second-order valence-corrected chi connectivity index (χ2v) is 8.19. The van der Waals surface area contributed by atoms with Gasteiger partial charge in [0.25, 0.3) is 0 Å². The minimum Gasteiger partial charge on any atom is -0.444 e. The molecule has 29 heavy (non-hydrogen) atoms. The van der Waals surface area contributed by atoms with Crippen LogP contribution in [0.25, 0.3) is 11.4 Å². The number of nitrogens with one attached hydrogen (secondary N) is 2. The SMILES string of the molecule is CC(C)(C)OC(=O)N1CCC(CC(=O)Nc2cccc(-c3noc(=O)[nH]3)c2)CC1. The van der Waals surface area contributed by atoms with Crippen molar-refractivity contribution in [3.05, 3.63) is 34.8 Å². The number of piperidine rings is 1. The lowest BCUT2D eigenvalue weighted by molar-refractivity contribution is -0.117. The number of nitrogens with zero attached hydrogens (tertiary/aromatic N) is 2. The number of carbonyl (C=O) groups excluding carboxylic acids is 2. The number of aromatic nitrogens is 2. The number of anilines is 1. The third kappa shape index (κ3) is 5.94. The molecule has 2 heterocycles. The zero-order valence-electron chi connectivity index (χ0n) is 16.9. The van der Waals surface area contributed by atoms with Crippen LogP contribution in [0.1, 0.15) is 40.0 Å². The summed E-state index contributed by atoms with van der Waals surface area (Å²) in [6.45, 7) is 6.70. The largest absolute Gasteiger partial charge is 0.444 e. The highest BCUT2D eigenvalue weighted by Gasteiger charge is 2.27. The first-order chi connectivity index (χ1) is 13.7. The summed E-state index contributed by atoms with van der Waals surface area (Å²) in [6.07, 6.45) is 1.59. The maximum Gasteiger partial charge on any atom is 0.439 e. The number of carbonyl (C=O) groups is 2. The van der Waals surface area contributed by atoms with Crippen LogP contribution in [-0.2, 0) is 9.53 Å². The Morgan fingerprint density at radius 3 is 2.66 bits per heavy atom. The lowest BCUT2D eigenvalue weighted by atomic mass is 9.93. The van der Waals surface area contributed by atoms with E-state index in [0.717, 1.165) is 12.8 Å². The lowest BCUT2D eigenvalue weighted by Crippen LogP contribution is -2.42. The lowest BCUT2D eigenvalue weighted by Gasteiger charge is -2.33. The summed E-state index contributed by atoms with van der Waals surface area (Å²) in [5, 5.41) is 6.52. The Kier molecular flexibility index (Phi) is 6.05. The molecule has 3 rings (SSSR count). The van der Waals surface area contributed by atoms with Crippen molar-refractivity contribution in [3.63, 3.8) is 0 Å². The van der Waals surface area contributed by atoms with Crippen LogP contribution in [0.15, 0.2) is 33.6 Å². The molecule has 2 aromatic rings. The standard InChI is InChI=1S/C20H26N4O5/c1-20(2,3)28-19(27)24-9-7-13(8-10-24)11-16(25)21-15-6-4-5-14(12-15)17-22-18(26)29-23-17/h4-6,12-13H,7-11H2,1-3H3,(H,21,25)(H,22,23,26). The van der Waals surface area contributed by atoms with Crippen molar-refractivity contribution >= 4 is 17.7 Å². The summed E-state index contributed by atoms with van der Waals surface area (Å²) in [6, 6.07) is 7.01. The van der Waals surface area contributed by atoms with Gasteiger partial charge in [-0.3, -0.25) is 14.3 Å². The van der Waals surface area contributed by atoms with Gasteiger partial charge in [-0.2, -0.15) is 0 Å². The van der Waals surface area contributed by atoms with Gasteiger partial charge in [0, 0.05) is 30.8 Å². The molecule has 1 aromatic carbocycles. The number of amides is 2. The molecule has 1 aromatic heterocycles. The first kappa shape index (κ1) is 20.6. The first-order valence-corrected chi connectivity index (χ1v) is 9.64. The van der Waals surface area contributed by atoms with Crippen LogP contribution in [0.2, 0.25) is 0 Å². The third-order valence-corrected chi connectivity index (χ3v) is 4.60. The molecule has 0 saturated carbocycles. The fourth-order valence-corrected chi connectivity index (χ4v) is 3.22. The summed E-state index contributed by atoms with van der Waals surface area (Å²) in [4.78, 5) is 39.8. The van der Waals surface area contributed by atoms with Crippen LogP contribution in [0.4, 0.5) is 10.5 Å². The van der Waals surface area contributed by atoms with E-state index in [1.54, 1.807) is 29.2 Å². The molecule has 0 bridgehead atoms. The van der Waals surface area contributed by atoms with E-state index in [1.165, 1.54) is 0 Å². The van der Waals surface area contributed by atoms with Gasteiger partial charge in [-0.25, -0.2) is 9.59 Å². The van der Waals surface area contributed by atoms with Gasteiger partial charge in [0.15, 0.2) is 5.82 Å². The fourth-order valence-electron chi connectivity index (χ4n) is 3.22. The van der Waals surface area contributed by atoms with E-state index in [1.807, 2.05) is 20.8 Å². The number of hydrogen-bond acceptors (Lipinski definition) is 6. The van der Waals surface area contributed by atoms with Gasteiger partial charge < -0.3 is 15.0 Å². The molecule has 156 valence electrons. The van der Waals surface area contributed by atoms with Crippen molar-refractivity contribution in [2.75, 3.05) is 18.4 Å². The third-order valence-electron chi connectivity index (χ3n) is 4.60. The van der Waals surface area contributed by atoms with E-state index < -0.39 is 11.4 Å². The minimum absolute atomic E-state index is 0.0912. The molecular formula is C20H26N4O5. The second kappa shape index (κ2) is 8.50. The number of ether oxygens (including phenoxy) is 1. The molecule has 9 nitrogen and oxygen atoms in total. The number of benzene rings is 1. The predicted molar refractivity (Wildman–Crippen MR) is 106 cm³/mol. The Hall–Kier alpha value is -3.10.